The molecule has 3 heterocycles. The molecule has 5 rings (SSSR count). The van der Waals surface area contributed by atoms with E-state index in [0.29, 0.717) is 57.4 Å². The van der Waals surface area contributed by atoms with Crippen molar-refractivity contribution in [3.05, 3.63) is 89.2 Å². The summed E-state index contributed by atoms with van der Waals surface area (Å²) in [4.78, 5) is 46.8. The number of carboxylic acid groups (broad SMARTS) is 1. The summed E-state index contributed by atoms with van der Waals surface area (Å²) in [6.07, 6.45) is 5.12. The number of aromatic nitrogens is 2. The zero-order chi connectivity index (χ0) is 28.2. The second-order valence-corrected chi connectivity index (χ2v) is 9.33. The Bertz CT molecular complexity index is 1690. The maximum Gasteiger partial charge on any atom is 0.326 e. The minimum Gasteiger partial charge on any atom is -0.507 e. The number of rotatable bonds is 4. The van der Waals surface area contributed by atoms with Crippen molar-refractivity contribution in [1.29, 1.82) is 0 Å². The molecule has 1 unspecified atom stereocenters. The molecule has 2 amide bonds. The SMILES string of the molecule is NNC(=O)c1cc(-c2ccc(C#Cc3ccc(C(=O)N4CCCCC4C(=O)O)cc3)c(O)c2)nc2ccncc12. The van der Waals surface area contributed by atoms with Crippen LogP contribution in [0, 0.1) is 11.8 Å². The van der Waals surface area contributed by atoms with Crippen molar-refractivity contribution in [3.63, 3.8) is 0 Å². The number of hydrogen-bond donors (Lipinski definition) is 4. The lowest BCUT2D eigenvalue weighted by Gasteiger charge is -2.33. The van der Waals surface area contributed by atoms with Crippen LogP contribution in [0.25, 0.3) is 22.2 Å². The third-order valence-corrected chi connectivity index (χ3v) is 6.80. The molecule has 0 spiro atoms. The zero-order valence-corrected chi connectivity index (χ0v) is 21.3. The lowest BCUT2D eigenvalue weighted by atomic mass is 10.0. The number of phenols is 1. The highest BCUT2D eigenvalue weighted by Crippen LogP contribution is 2.28. The first-order valence-corrected chi connectivity index (χ1v) is 12.6. The summed E-state index contributed by atoms with van der Waals surface area (Å²) in [5.74, 6) is 9.39. The molecule has 1 saturated heterocycles. The van der Waals surface area contributed by atoms with Crippen LogP contribution in [0.5, 0.6) is 5.75 Å². The number of likely N-dealkylation sites (tertiary alicyclic amines) is 1. The van der Waals surface area contributed by atoms with Gasteiger partial charge in [-0.25, -0.2) is 15.6 Å². The normalized spacial score (nSPS) is 14.7. The van der Waals surface area contributed by atoms with Crippen molar-refractivity contribution in [1.82, 2.24) is 20.3 Å². The van der Waals surface area contributed by atoms with Crippen molar-refractivity contribution in [2.45, 2.75) is 25.3 Å². The van der Waals surface area contributed by atoms with Crippen LogP contribution < -0.4 is 11.3 Å². The summed E-state index contributed by atoms with van der Waals surface area (Å²) in [7, 11) is 0. The van der Waals surface area contributed by atoms with E-state index in [1.807, 2.05) is 0 Å². The number of nitrogens with two attached hydrogens (primary N) is 1. The number of nitrogens with zero attached hydrogens (tertiary/aromatic N) is 3. The standard InChI is InChI=1S/C30H25N5O5/c31-34-28(37)22-16-25(33-24-12-13-32-17-23(22)24)21-11-10-19(27(36)15-21)7-4-18-5-8-20(9-6-18)29(38)35-14-2-1-3-26(35)30(39)40/h5-6,8-13,15-17,26,36H,1-3,14,31H2,(H,34,37)(H,39,40). The molecule has 40 heavy (non-hydrogen) atoms. The molecule has 10 heteroatoms. The molecule has 0 saturated carbocycles. The average molecular weight is 536 g/mol. The quantitative estimate of drug-likeness (QED) is 0.134. The van der Waals surface area contributed by atoms with Crippen molar-refractivity contribution >= 4 is 28.7 Å². The summed E-state index contributed by atoms with van der Waals surface area (Å²) in [6, 6.07) is 14.0. The third kappa shape index (κ3) is 5.32. The van der Waals surface area contributed by atoms with E-state index < -0.39 is 17.9 Å². The summed E-state index contributed by atoms with van der Waals surface area (Å²) in [6.45, 7) is 0.417. The van der Waals surface area contributed by atoms with E-state index >= 15 is 0 Å². The van der Waals surface area contributed by atoms with Crippen LogP contribution in [-0.4, -0.2) is 55.5 Å². The zero-order valence-electron chi connectivity index (χ0n) is 21.3. The van der Waals surface area contributed by atoms with Gasteiger partial charge in [-0.3, -0.25) is 20.0 Å². The van der Waals surface area contributed by atoms with Gasteiger partial charge in [-0.1, -0.05) is 17.9 Å². The number of pyridine rings is 2. The number of phenolic OH excluding ortho intramolecular Hbond substituents is 1. The smallest absolute Gasteiger partial charge is 0.326 e. The number of amides is 2. The Kier molecular flexibility index (Phi) is 7.39. The van der Waals surface area contributed by atoms with Gasteiger partial charge in [0.25, 0.3) is 11.8 Å². The number of nitrogen functional groups attached to an aromatic ring is 1. The molecule has 5 N–H and O–H groups in total. The highest BCUT2D eigenvalue weighted by atomic mass is 16.4. The molecule has 2 aromatic heterocycles. The van der Waals surface area contributed by atoms with Crippen molar-refractivity contribution < 1.29 is 24.6 Å². The Morgan fingerprint density at radius 2 is 1.82 bits per heavy atom. The Morgan fingerprint density at radius 1 is 1.02 bits per heavy atom. The molecule has 4 aromatic rings. The first-order chi connectivity index (χ1) is 19.4. The number of carbonyl (C=O) groups excluding carboxylic acids is 2. The topological polar surface area (TPSA) is 159 Å². The van der Waals surface area contributed by atoms with E-state index in [4.69, 9.17) is 5.84 Å². The molecule has 0 aliphatic carbocycles. The van der Waals surface area contributed by atoms with Gasteiger partial charge in [0.1, 0.15) is 11.8 Å². The van der Waals surface area contributed by atoms with E-state index in [1.54, 1.807) is 54.7 Å². The molecule has 0 bridgehead atoms. The fraction of sp³-hybridized carbons (Fsp3) is 0.167. The van der Waals surface area contributed by atoms with E-state index in [0.717, 1.165) is 12.8 Å². The van der Waals surface area contributed by atoms with Crippen LogP contribution in [0.3, 0.4) is 0 Å². The third-order valence-electron chi connectivity index (χ3n) is 6.80. The molecule has 1 atom stereocenters. The number of aromatic hydroxyl groups is 1. The minimum atomic E-state index is -0.989. The van der Waals surface area contributed by atoms with Crippen LogP contribution in [0.2, 0.25) is 0 Å². The highest BCUT2D eigenvalue weighted by Gasteiger charge is 2.32. The molecule has 1 aliphatic heterocycles. The molecule has 0 radical (unpaired) electrons. The Balaban J connectivity index is 1.36. The lowest BCUT2D eigenvalue weighted by molar-refractivity contribution is -0.143. The average Bonchev–Trinajstić information content (AvgIpc) is 2.99. The second-order valence-electron chi connectivity index (χ2n) is 9.33. The second kappa shape index (κ2) is 11.2. The van der Waals surface area contributed by atoms with Gasteiger partial charge in [0.15, 0.2) is 0 Å². The van der Waals surface area contributed by atoms with Crippen LogP contribution in [0.15, 0.2) is 67.0 Å². The van der Waals surface area contributed by atoms with Gasteiger partial charge < -0.3 is 15.1 Å². The monoisotopic (exact) mass is 535 g/mol. The van der Waals surface area contributed by atoms with Gasteiger partial charge in [-0.15, -0.1) is 0 Å². The lowest BCUT2D eigenvalue weighted by Crippen LogP contribution is -2.47. The Morgan fingerprint density at radius 3 is 2.55 bits per heavy atom. The van der Waals surface area contributed by atoms with E-state index in [9.17, 15) is 24.6 Å². The maximum absolute atomic E-state index is 12.9. The number of carbonyl (C=O) groups is 3. The fourth-order valence-electron chi connectivity index (χ4n) is 4.71. The first-order valence-electron chi connectivity index (χ1n) is 12.6. The summed E-state index contributed by atoms with van der Waals surface area (Å²) < 4.78 is 0. The number of aliphatic carboxylic acids is 1. The van der Waals surface area contributed by atoms with Gasteiger partial charge in [-0.05, 0) is 67.8 Å². The van der Waals surface area contributed by atoms with Gasteiger partial charge >= 0.3 is 5.97 Å². The van der Waals surface area contributed by atoms with Crippen LogP contribution >= 0.6 is 0 Å². The van der Waals surface area contributed by atoms with Crippen LogP contribution in [0.1, 0.15) is 51.1 Å². The van der Waals surface area contributed by atoms with Crippen molar-refractivity contribution in [2.24, 2.45) is 5.84 Å². The predicted molar refractivity (Wildman–Crippen MR) is 147 cm³/mol. The molecule has 200 valence electrons. The van der Waals surface area contributed by atoms with Gasteiger partial charge in [-0.2, -0.15) is 0 Å². The van der Waals surface area contributed by atoms with E-state index in [-0.39, 0.29) is 11.7 Å². The van der Waals surface area contributed by atoms with Gasteiger partial charge in [0.05, 0.1) is 22.3 Å². The van der Waals surface area contributed by atoms with E-state index in [2.05, 4.69) is 27.2 Å². The van der Waals surface area contributed by atoms with Gasteiger partial charge in [0, 0.05) is 41.0 Å². The van der Waals surface area contributed by atoms with Gasteiger partial charge in [0.2, 0.25) is 0 Å². The fourth-order valence-corrected chi connectivity index (χ4v) is 4.71. The number of benzene rings is 2. The number of hydrazine groups is 1. The van der Waals surface area contributed by atoms with Crippen LogP contribution in [-0.2, 0) is 4.79 Å². The summed E-state index contributed by atoms with van der Waals surface area (Å²) >= 11 is 0. The number of hydrogen-bond acceptors (Lipinski definition) is 7. The summed E-state index contributed by atoms with van der Waals surface area (Å²) in [5, 5.41) is 20.7. The van der Waals surface area contributed by atoms with Crippen LogP contribution in [0.4, 0.5) is 0 Å². The largest absolute Gasteiger partial charge is 0.507 e. The van der Waals surface area contributed by atoms with Crippen molar-refractivity contribution in [2.75, 3.05) is 6.54 Å². The van der Waals surface area contributed by atoms with Crippen molar-refractivity contribution in [3.8, 4) is 28.8 Å². The molecular formula is C30H25N5O5. The Hall–Kier alpha value is -5.27. The molecular weight excluding hydrogens is 510 g/mol. The highest BCUT2D eigenvalue weighted by molar-refractivity contribution is 6.06. The number of fused-ring (bicyclic) bond motifs is 1. The minimum absolute atomic E-state index is 0.0666. The predicted octanol–water partition coefficient (Wildman–Crippen LogP) is 3.09. The Labute approximate surface area is 229 Å². The molecule has 10 nitrogen and oxygen atoms in total. The number of carboxylic acids is 1. The number of piperidine rings is 1. The maximum atomic E-state index is 12.9. The molecule has 2 aromatic carbocycles. The first kappa shape index (κ1) is 26.3. The molecule has 1 aliphatic rings. The molecule has 1 fully saturated rings. The number of nitrogens with one attached hydrogen (secondary N) is 1. The van der Waals surface area contributed by atoms with E-state index in [1.165, 1.54) is 17.2 Å². The summed E-state index contributed by atoms with van der Waals surface area (Å²) in [5.41, 5.74) is 5.43.